The van der Waals surface area contributed by atoms with E-state index in [-0.39, 0.29) is 24.2 Å². The van der Waals surface area contributed by atoms with Crippen LogP contribution in [0.2, 0.25) is 0 Å². The Bertz CT molecular complexity index is 809. The topological polar surface area (TPSA) is 50.8 Å². The van der Waals surface area contributed by atoms with E-state index in [1.54, 1.807) is 0 Å². The van der Waals surface area contributed by atoms with Crippen molar-refractivity contribution in [3.8, 4) is 5.75 Å². The van der Waals surface area contributed by atoms with Gasteiger partial charge in [0.1, 0.15) is 5.75 Å². The summed E-state index contributed by atoms with van der Waals surface area (Å²) >= 11 is 0. The second-order valence-corrected chi connectivity index (χ2v) is 7.94. The minimum atomic E-state index is -0.0421. The van der Waals surface area contributed by atoms with Crippen molar-refractivity contribution in [2.24, 2.45) is 0 Å². The molecular formula is C23H28N2O3. The van der Waals surface area contributed by atoms with E-state index in [1.165, 1.54) is 5.56 Å². The zero-order valence-electron chi connectivity index (χ0n) is 16.5. The Morgan fingerprint density at radius 2 is 1.96 bits per heavy atom. The fourth-order valence-corrected chi connectivity index (χ4v) is 4.10. The summed E-state index contributed by atoms with van der Waals surface area (Å²) in [5.41, 5.74) is 1.86. The standard InChI is InChI=1S/C23H28N2O3/c1-16(2)28-21-10-6-9-18(11-21)23(26)24-19-12-20-15-27-22(14-25(20)13-19)17-7-4-3-5-8-17/h3-11,16,19-20,22H,12-15H2,1-2H3,(H,24,26)/t19-,20+,22-/m1/s1. The molecule has 0 aromatic heterocycles. The molecule has 2 heterocycles. The van der Waals surface area contributed by atoms with Crippen LogP contribution >= 0.6 is 0 Å². The zero-order chi connectivity index (χ0) is 19.5. The molecule has 2 aliphatic heterocycles. The van der Waals surface area contributed by atoms with Gasteiger partial charge in [0, 0.05) is 30.7 Å². The molecule has 2 aromatic carbocycles. The number of hydrogen-bond acceptors (Lipinski definition) is 4. The molecule has 0 spiro atoms. The summed E-state index contributed by atoms with van der Waals surface area (Å²) in [7, 11) is 0. The molecule has 0 bridgehead atoms. The molecule has 0 unspecified atom stereocenters. The number of ether oxygens (including phenoxy) is 2. The number of carbonyl (C=O) groups is 1. The number of benzene rings is 2. The zero-order valence-corrected chi connectivity index (χ0v) is 16.5. The molecular weight excluding hydrogens is 352 g/mol. The summed E-state index contributed by atoms with van der Waals surface area (Å²) in [5, 5.41) is 3.19. The van der Waals surface area contributed by atoms with Gasteiger partial charge in [-0.15, -0.1) is 0 Å². The van der Waals surface area contributed by atoms with E-state index in [2.05, 4.69) is 34.5 Å². The Labute approximate surface area is 166 Å². The first-order chi connectivity index (χ1) is 13.6. The number of rotatable bonds is 5. The van der Waals surface area contributed by atoms with Gasteiger partial charge in [-0.2, -0.15) is 0 Å². The molecule has 1 N–H and O–H groups in total. The molecule has 2 fully saturated rings. The van der Waals surface area contributed by atoms with Crippen LogP contribution in [0.1, 0.15) is 42.3 Å². The van der Waals surface area contributed by atoms with Crippen molar-refractivity contribution in [3.63, 3.8) is 0 Å². The molecule has 2 saturated heterocycles. The predicted molar refractivity (Wildman–Crippen MR) is 109 cm³/mol. The first-order valence-electron chi connectivity index (χ1n) is 10.1. The number of nitrogens with zero attached hydrogens (tertiary/aromatic N) is 1. The van der Waals surface area contributed by atoms with Crippen LogP contribution in [0.15, 0.2) is 54.6 Å². The first kappa shape index (κ1) is 19.0. The fraction of sp³-hybridized carbons (Fsp3) is 0.435. The lowest BCUT2D eigenvalue weighted by Gasteiger charge is -2.35. The van der Waals surface area contributed by atoms with E-state index in [0.717, 1.165) is 25.3 Å². The third kappa shape index (κ3) is 4.37. The quantitative estimate of drug-likeness (QED) is 0.864. The van der Waals surface area contributed by atoms with Gasteiger partial charge in [0.15, 0.2) is 0 Å². The molecule has 4 rings (SSSR count). The van der Waals surface area contributed by atoms with Crippen molar-refractivity contribution in [2.75, 3.05) is 19.7 Å². The number of hydrogen-bond donors (Lipinski definition) is 1. The molecule has 5 heteroatoms. The molecule has 3 atom stereocenters. The van der Waals surface area contributed by atoms with Crippen molar-refractivity contribution in [1.82, 2.24) is 10.2 Å². The Kier molecular flexibility index (Phi) is 5.64. The van der Waals surface area contributed by atoms with E-state index < -0.39 is 0 Å². The largest absolute Gasteiger partial charge is 0.491 e. The Hall–Kier alpha value is -2.37. The average Bonchev–Trinajstić information content (AvgIpc) is 3.09. The van der Waals surface area contributed by atoms with Gasteiger partial charge in [0.05, 0.1) is 18.8 Å². The van der Waals surface area contributed by atoms with Crippen LogP contribution in [0.5, 0.6) is 5.75 Å². The Balaban J connectivity index is 1.35. The van der Waals surface area contributed by atoms with Crippen molar-refractivity contribution in [2.45, 2.75) is 44.6 Å². The van der Waals surface area contributed by atoms with Crippen molar-refractivity contribution in [1.29, 1.82) is 0 Å². The monoisotopic (exact) mass is 380 g/mol. The van der Waals surface area contributed by atoms with Crippen LogP contribution in [0, 0.1) is 0 Å². The Morgan fingerprint density at radius 1 is 1.14 bits per heavy atom. The molecule has 0 radical (unpaired) electrons. The summed E-state index contributed by atoms with van der Waals surface area (Å²) < 4.78 is 11.8. The number of amides is 1. The minimum absolute atomic E-state index is 0.0421. The highest BCUT2D eigenvalue weighted by atomic mass is 16.5. The highest BCUT2D eigenvalue weighted by Crippen LogP contribution is 2.30. The number of morpholine rings is 1. The van der Waals surface area contributed by atoms with E-state index in [4.69, 9.17) is 9.47 Å². The second-order valence-electron chi connectivity index (χ2n) is 7.94. The maximum Gasteiger partial charge on any atom is 0.251 e. The fourth-order valence-electron chi connectivity index (χ4n) is 4.10. The normalized spacial score (nSPS) is 24.8. The summed E-state index contributed by atoms with van der Waals surface area (Å²) in [4.78, 5) is 15.2. The van der Waals surface area contributed by atoms with Gasteiger partial charge in [0.25, 0.3) is 5.91 Å². The van der Waals surface area contributed by atoms with Crippen molar-refractivity contribution in [3.05, 3.63) is 65.7 Å². The first-order valence-corrected chi connectivity index (χ1v) is 10.1. The summed E-state index contributed by atoms with van der Waals surface area (Å²) in [6.45, 7) is 6.41. The molecule has 2 aliphatic rings. The molecule has 5 nitrogen and oxygen atoms in total. The van der Waals surface area contributed by atoms with Gasteiger partial charge in [-0.1, -0.05) is 36.4 Å². The molecule has 0 saturated carbocycles. The van der Waals surface area contributed by atoms with E-state index >= 15 is 0 Å². The molecule has 28 heavy (non-hydrogen) atoms. The molecule has 1 amide bonds. The maximum absolute atomic E-state index is 12.7. The third-order valence-corrected chi connectivity index (χ3v) is 5.39. The summed E-state index contributed by atoms with van der Waals surface area (Å²) in [6.07, 6.45) is 1.12. The van der Waals surface area contributed by atoms with Gasteiger partial charge in [-0.25, -0.2) is 0 Å². The van der Waals surface area contributed by atoms with E-state index in [0.29, 0.717) is 18.2 Å². The van der Waals surface area contributed by atoms with Gasteiger partial charge in [0.2, 0.25) is 0 Å². The molecule has 2 aromatic rings. The van der Waals surface area contributed by atoms with Crippen LogP contribution in [0.4, 0.5) is 0 Å². The van der Waals surface area contributed by atoms with Crippen LogP contribution in [0.3, 0.4) is 0 Å². The van der Waals surface area contributed by atoms with Gasteiger partial charge < -0.3 is 14.8 Å². The lowest BCUT2D eigenvalue weighted by atomic mass is 10.1. The highest BCUT2D eigenvalue weighted by Gasteiger charge is 2.38. The Morgan fingerprint density at radius 3 is 2.75 bits per heavy atom. The summed E-state index contributed by atoms with van der Waals surface area (Å²) in [6, 6.07) is 18.3. The van der Waals surface area contributed by atoms with E-state index in [1.807, 2.05) is 44.2 Å². The minimum Gasteiger partial charge on any atom is -0.491 e. The predicted octanol–water partition coefficient (Wildman–Crippen LogP) is 3.42. The molecule has 148 valence electrons. The van der Waals surface area contributed by atoms with Gasteiger partial charge in [-0.3, -0.25) is 9.69 Å². The summed E-state index contributed by atoms with van der Waals surface area (Å²) in [5.74, 6) is 0.685. The lowest BCUT2D eigenvalue weighted by Crippen LogP contribution is -2.43. The van der Waals surface area contributed by atoms with Crippen LogP contribution in [0.25, 0.3) is 0 Å². The van der Waals surface area contributed by atoms with Crippen LogP contribution in [-0.4, -0.2) is 48.7 Å². The van der Waals surface area contributed by atoms with Crippen LogP contribution in [-0.2, 0) is 4.74 Å². The lowest BCUT2D eigenvalue weighted by molar-refractivity contribution is -0.0502. The van der Waals surface area contributed by atoms with Crippen molar-refractivity contribution < 1.29 is 14.3 Å². The second kappa shape index (κ2) is 8.33. The SMILES string of the molecule is CC(C)Oc1cccc(C(=O)N[C@@H]2C[C@H]3CO[C@@H](c4ccccc4)CN3C2)c1. The van der Waals surface area contributed by atoms with Crippen molar-refractivity contribution >= 4 is 5.91 Å². The van der Waals surface area contributed by atoms with E-state index in [9.17, 15) is 4.79 Å². The molecule has 0 aliphatic carbocycles. The highest BCUT2D eigenvalue weighted by molar-refractivity contribution is 5.94. The number of fused-ring (bicyclic) bond motifs is 1. The van der Waals surface area contributed by atoms with Gasteiger partial charge in [-0.05, 0) is 44.0 Å². The van der Waals surface area contributed by atoms with Crippen LogP contribution < -0.4 is 10.1 Å². The number of carbonyl (C=O) groups excluding carboxylic acids is 1. The third-order valence-electron chi connectivity index (χ3n) is 5.39. The average molecular weight is 380 g/mol. The smallest absolute Gasteiger partial charge is 0.251 e. The number of nitrogens with one attached hydrogen (secondary N) is 1. The van der Waals surface area contributed by atoms with Gasteiger partial charge >= 0.3 is 0 Å². The maximum atomic E-state index is 12.7.